The molecule has 0 saturated carbocycles. The van der Waals surface area contributed by atoms with Crippen LogP contribution < -0.4 is 9.62 Å². The van der Waals surface area contributed by atoms with Gasteiger partial charge in [-0.1, -0.05) is 35.9 Å². The molecular formula is C24H20ClF3N2O5S. The van der Waals surface area contributed by atoms with Gasteiger partial charge in [-0.15, -0.1) is 0 Å². The summed E-state index contributed by atoms with van der Waals surface area (Å²) in [6.45, 7) is 0.688. The van der Waals surface area contributed by atoms with Crippen molar-refractivity contribution in [1.29, 1.82) is 0 Å². The summed E-state index contributed by atoms with van der Waals surface area (Å²) >= 11 is 5.69. The van der Waals surface area contributed by atoms with Gasteiger partial charge in [-0.3, -0.25) is 9.10 Å². The van der Waals surface area contributed by atoms with Crippen LogP contribution >= 0.6 is 11.6 Å². The molecule has 0 spiro atoms. The molecule has 0 aliphatic heterocycles. The Morgan fingerprint density at radius 1 is 1.03 bits per heavy atom. The Morgan fingerprint density at radius 2 is 1.69 bits per heavy atom. The highest BCUT2D eigenvalue weighted by molar-refractivity contribution is 7.92. The Morgan fingerprint density at radius 3 is 2.31 bits per heavy atom. The Balaban J connectivity index is 2.03. The van der Waals surface area contributed by atoms with E-state index in [9.17, 15) is 31.2 Å². The molecule has 0 aromatic heterocycles. The average molecular weight is 541 g/mol. The third-order valence-corrected chi connectivity index (χ3v) is 7.29. The number of halogens is 4. The first kappa shape index (κ1) is 27.0. The number of methoxy groups -OCH3 is 1. The van der Waals surface area contributed by atoms with Crippen LogP contribution in [0.25, 0.3) is 0 Å². The summed E-state index contributed by atoms with van der Waals surface area (Å²) in [6.07, 6.45) is -4.86. The SMILES string of the molecule is COC(=O)c1cccc(NC(=O)CN(c2ccc(Cl)c(C(F)(F)F)c2)S(=O)(=O)c2ccccc2)c1C. The molecule has 7 nitrogen and oxygen atoms in total. The fourth-order valence-electron chi connectivity index (χ4n) is 3.34. The number of hydrogen-bond donors (Lipinski definition) is 1. The molecule has 3 rings (SSSR count). The van der Waals surface area contributed by atoms with Crippen LogP contribution in [-0.4, -0.2) is 33.9 Å². The van der Waals surface area contributed by atoms with Crippen molar-refractivity contribution in [3.63, 3.8) is 0 Å². The van der Waals surface area contributed by atoms with Gasteiger partial charge in [0.05, 0.1) is 33.8 Å². The topological polar surface area (TPSA) is 92.8 Å². The van der Waals surface area contributed by atoms with E-state index in [1.807, 2.05) is 0 Å². The Labute approximate surface area is 210 Å². The number of hydrogen-bond acceptors (Lipinski definition) is 5. The molecule has 0 fully saturated rings. The smallest absolute Gasteiger partial charge is 0.417 e. The lowest BCUT2D eigenvalue weighted by molar-refractivity contribution is -0.137. The molecule has 36 heavy (non-hydrogen) atoms. The van der Waals surface area contributed by atoms with Gasteiger partial charge in [0.25, 0.3) is 10.0 Å². The van der Waals surface area contributed by atoms with Crippen molar-refractivity contribution < 1.29 is 35.9 Å². The van der Waals surface area contributed by atoms with Gasteiger partial charge in [0.15, 0.2) is 0 Å². The van der Waals surface area contributed by atoms with Crippen molar-refractivity contribution in [2.24, 2.45) is 0 Å². The molecule has 12 heteroatoms. The molecule has 1 amide bonds. The second-order valence-corrected chi connectivity index (χ2v) is 9.77. The number of ether oxygens (including phenoxy) is 1. The molecule has 3 aromatic rings. The van der Waals surface area contributed by atoms with Gasteiger partial charge in [-0.25, -0.2) is 13.2 Å². The van der Waals surface area contributed by atoms with E-state index in [0.29, 0.717) is 15.9 Å². The van der Waals surface area contributed by atoms with Crippen molar-refractivity contribution in [1.82, 2.24) is 0 Å². The van der Waals surface area contributed by atoms with Crippen molar-refractivity contribution in [2.75, 3.05) is 23.3 Å². The zero-order valence-corrected chi connectivity index (χ0v) is 20.5. The van der Waals surface area contributed by atoms with E-state index in [-0.39, 0.29) is 16.1 Å². The van der Waals surface area contributed by atoms with Crippen molar-refractivity contribution in [3.8, 4) is 0 Å². The minimum absolute atomic E-state index is 0.177. The number of amides is 1. The number of carbonyl (C=O) groups excluding carboxylic acids is 2. The third-order valence-electron chi connectivity index (χ3n) is 5.17. The third kappa shape index (κ3) is 5.80. The van der Waals surface area contributed by atoms with Crippen molar-refractivity contribution >= 4 is 44.9 Å². The Kier molecular flexibility index (Phi) is 7.95. The maximum atomic E-state index is 13.5. The minimum atomic E-state index is -4.86. The lowest BCUT2D eigenvalue weighted by Gasteiger charge is -2.25. The lowest BCUT2D eigenvalue weighted by atomic mass is 10.1. The standard InChI is InChI=1S/C24H20ClF3N2O5S/c1-15-18(23(32)35-2)9-6-10-21(15)29-22(31)14-30(36(33,34)17-7-4-3-5-8-17)16-11-12-20(25)19(13-16)24(26,27)28/h3-13H,14H2,1-2H3,(H,29,31). The van der Waals surface area contributed by atoms with E-state index in [4.69, 9.17) is 16.3 Å². The first-order valence-corrected chi connectivity index (χ1v) is 12.1. The molecule has 1 N–H and O–H groups in total. The quantitative estimate of drug-likeness (QED) is 0.411. The lowest BCUT2D eigenvalue weighted by Crippen LogP contribution is -2.38. The minimum Gasteiger partial charge on any atom is -0.465 e. The molecule has 0 aliphatic carbocycles. The highest BCUT2D eigenvalue weighted by Gasteiger charge is 2.35. The molecule has 0 atom stereocenters. The summed E-state index contributed by atoms with van der Waals surface area (Å²) in [7, 11) is -3.27. The van der Waals surface area contributed by atoms with Crippen LogP contribution in [0.3, 0.4) is 0 Å². The largest absolute Gasteiger partial charge is 0.465 e. The maximum Gasteiger partial charge on any atom is 0.417 e. The van der Waals surface area contributed by atoms with Crippen LogP contribution in [0, 0.1) is 6.92 Å². The van der Waals surface area contributed by atoms with Crippen LogP contribution in [0.5, 0.6) is 0 Å². The summed E-state index contributed by atoms with van der Waals surface area (Å²) < 4.78 is 72.4. The molecule has 0 heterocycles. The van der Waals surface area contributed by atoms with E-state index < -0.39 is 50.9 Å². The predicted octanol–water partition coefficient (Wildman–Crippen LogP) is 5.29. The zero-order chi connectivity index (χ0) is 26.7. The van der Waals surface area contributed by atoms with E-state index >= 15 is 0 Å². The first-order chi connectivity index (χ1) is 16.9. The van der Waals surface area contributed by atoms with Crippen molar-refractivity contribution in [3.05, 3.63) is 88.4 Å². The summed E-state index contributed by atoms with van der Waals surface area (Å²) in [5.74, 6) is -1.50. The fraction of sp³-hybridized carbons (Fsp3) is 0.167. The second kappa shape index (κ2) is 10.6. The average Bonchev–Trinajstić information content (AvgIpc) is 2.83. The molecule has 3 aromatic carbocycles. The van der Waals surface area contributed by atoms with E-state index in [1.165, 1.54) is 49.6 Å². The highest BCUT2D eigenvalue weighted by atomic mass is 35.5. The number of anilines is 2. The van der Waals surface area contributed by atoms with Crippen LogP contribution in [0.2, 0.25) is 5.02 Å². The van der Waals surface area contributed by atoms with E-state index in [1.54, 1.807) is 13.0 Å². The van der Waals surface area contributed by atoms with Crippen LogP contribution in [0.15, 0.2) is 71.6 Å². The monoisotopic (exact) mass is 540 g/mol. The maximum absolute atomic E-state index is 13.5. The Hall–Kier alpha value is -3.57. The van der Waals surface area contributed by atoms with Crippen molar-refractivity contribution in [2.45, 2.75) is 18.0 Å². The van der Waals surface area contributed by atoms with E-state index in [0.717, 1.165) is 12.1 Å². The number of benzene rings is 3. The summed E-state index contributed by atoms with van der Waals surface area (Å²) in [6, 6.07) is 14.0. The molecule has 0 radical (unpaired) electrons. The second-order valence-electron chi connectivity index (χ2n) is 7.50. The van der Waals surface area contributed by atoms with Gasteiger partial charge in [-0.05, 0) is 55.0 Å². The fourth-order valence-corrected chi connectivity index (χ4v) is 5.00. The van der Waals surface area contributed by atoms with E-state index in [2.05, 4.69) is 5.32 Å². The molecular weight excluding hydrogens is 521 g/mol. The number of nitrogens with zero attached hydrogens (tertiary/aromatic N) is 1. The number of rotatable bonds is 7. The predicted molar refractivity (Wildman–Crippen MR) is 129 cm³/mol. The van der Waals surface area contributed by atoms with Gasteiger partial charge in [0.2, 0.25) is 5.91 Å². The molecule has 190 valence electrons. The number of sulfonamides is 1. The number of esters is 1. The number of nitrogens with one attached hydrogen (secondary N) is 1. The van der Waals surface area contributed by atoms with Gasteiger partial charge in [-0.2, -0.15) is 13.2 Å². The van der Waals surface area contributed by atoms with Crippen LogP contribution in [0.4, 0.5) is 24.5 Å². The van der Waals surface area contributed by atoms with Gasteiger partial charge in [0, 0.05) is 5.69 Å². The van der Waals surface area contributed by atoms with Gasteiger partial charge < -0.3 is 10.1 Å². The van der Waals surface area contributed by atoms with Crippen LogP contribution in [-0.2, 0) is 25.7 Å². The van der Waals surface area contributed by atoms with Gasteiger partial charge >= 0.3 is 12.1 Å². The summed E-state index contributed by atoms with van der Waals surface area (Å²) in [5, 5.41) is 1.89. The number of carbonyl (C=O) groups is 2. The molecule has 0 bridgehead atoms. The first-order valence-electron chi connectivity index (χ1n) is 10.3. The molecule has 0 aliphatic rings. The zero-order valence-electron chi connectivity index (χ0n) is 19.0. The molecule has 0 unspecified atom stereocenters. The highest BCUT2D eigenvalue weighted by Crippen LogP contribution is 2.38. The summed E-state index contributed by atoms with van der Waals surface area (Å²) in [4.78, 5) is 24.7. The van der Waals surface area contributed by atoms with Gasteiger partial charge in [0.1, 0.15) is 6.54 Å². The Bertz CT molecular complexity index is 1400. The number of alkyl halides is 3. The normalized spacial score (nSPS) is 11.6. The molecule has 0 saturated heterocycles. The summed E-state index contributed by atoms with van der Waals surface area (Å²) in [5.41, 5.74) is -0.924. The van der Waals surface area contributed by atoms with Crippen LogP contribution in [0.1, 0.15) is 21.5 Å².